The number of aryl methyl sites for hydroxylation is 3. The van der Waals surface area contributed by atoms with E-state index in [2.05, 4.69) is 10.3 Å². The lowest BCUT2D eigenvalue weighted by molar-refractivity contribution is 0.0960. The van der Waals surface area contributed by atoms with Crippen LogP contribution in [-0.4, -0.2) is 40.0 Å². The molecule has 1 aromatic carbocycles. The Hall–Kier alpha value is -3.81. The predicted octanol–water partition coefficient (Wildman–Crippen LogP) is 2.30. The van der Waals surface area contributed by atoms with E-state index in [1.165, 1.54) is 4.90 Å². The molecule has 2 N–H and O–H groups in total. The molecule has 3 aromatic heterocycles. The molecule has 0 radical (unpaired) electrons. The first kappa shape index (κ1) is 19.5. The fourth-order valence-corrected chi connectivity index (χ4v) is 3.87. The van der Waals surface area contributed by atoms with E-state index in [4.69, 9.17) is 0 Å². The van der Waals surface area contributed by atoms with Crippen molar-refractivity contribution in [2.75, 3.05) is 19.0 Å². The minimum atomic E-state index is -0.328. The second-order valence-corrected chi connectivity index (χ2v) is 7.47. The van der Waals surface area contributed by atoms with Gasteiger partial charge in [-0.15, -0.1) is 0 Å². The third-order valence-corrected chi connectivity index (χ3v) is 5.61. The van der Waals surface area contributed by atoms with E-state index >= 15 is 0 Å². The molecule has 4 aromatic rings. The second kappa shape index (κ2) is 6.91. The second-order valence-electron chi connectivity index (χ2n) is 7.47. The van der Waals surface area contributed by atoms with Crippen LogP contribution < -0.4 is 15.8 Å². The number of nitrogens with zero attached hydrogens (tertiary/aromatic N) is 3. The summed E-state index contributed by atoms with van der Waals surface area (Å²) in [6.45, 7) is 1.93. The number of carbonyl (C=O) groups is 2. The van der Waals surface area contributed by atoms with Gasteiger partial charge in [-0.3, -0.25) is 19.3 Å². The maximum Gasteiger partial charge on any atom is 0.275 e. The minimum Gasteiger partial charge on any atom is -0.355 e. The third kappa shape index (κ3) is 2.88. The van der Waals surface area contributed by atoms with E-state index in [0.29, 0.717) is 22.3 Å². The van der Waals surface area contributed by atoms with Crippen LogP contribution in [0, 0.1) is 6.92 Å². The molecule has 154 valence electrons. The fourth-order valence-electron chi connectivity index (χ4n) is 3.87. The van der Waals surface area contributed by atoms with Crippen LogP contribution in [0.3, 0.4) is 0 Å². The zero-order valence-electron chi connectivity index (χ0n) is 17.5. The van der Waals surface area contributed by atoms with Gasteiger partial charge in [-0.1, -0.05) is 0 Å². The van der Waals surface area contributed by atoms with Crippen LogP contribution in [0.5, 0.6) is 0 Å². The van der Waals surface area contributed by atoms with Gasteiger partial charge in [-0.05, 0) is 42.8 Å². The molecule has 0 aliphatic rings. The summed E-state index contributed by atoms with van der Waals surface area (Å²) in [7, 11) is 6.93. The predicted molar refractivity (Wildman–Crippen MR) is 117 cm³/mol. The standard InChI is InChI=1S/C22H23N5O3/c1-12-8-13(20(28)23-2)9-18-15(12)10-19(26(18)4)27(5)22(30)16-11-17-14(21(29)24-16)6-7-25(17)3/h6-11H,1-5H3,(H,23,28)(H,24,29). The molecular weight excluding hydrogens is 382 g/mol. The Balaban J connectivity index is 1.80. The number of pyridine rings is 1. The number of nitrogens with one attached hydrogen (secondary N) is 2. The first-order valence-electron chi connectivity index (χ1n) is 9.51. The van der Waals surface area contributed by atoms with Gasteiger partial charge in [0.05, 0.1) is 16.4 Å². The van der Waals surface area contributed by atoms with Gasteiger partial charge in [0.25, 0.3) is 17.4 Å². The molecule has 0 atom stereocenters. The smallest absolute Gasteiger partial charge is 0.275 e. The molecule has 0 fully saturated rings. The van der Waals surface area contributed by atoms with Crippen LogP contribution in [0.4, 0.5) is 5.82 Å². The normalized spacial score (nSPS) is 11.2. The number of hydrogen-bond donors (Lipinski definition) is 2. The topological polar surface area (TPSA) is 92.1 Å². The Morgan fingerprint density at radius 1 is 1.07 bits per heavy atom. The molecule has 8 heteroatoms. The first-order valence-corrected chi connectivity index (χ1v) is 9.51. The molecule has 0 saturated heterocycles. The lowest BCUT2D eigenvalue weighted by Crippen LogP contribution is -2.30. The molecule has 0 aliphatic carbocycles. The number of benzene rings is 1. The van der Waals surface area contributed by atoms with Crippen LogP contribution in [0.1, 0.15) is 26.4 Å². The minimum absolute atomic E-state index is 0.166. The van der Waals surface area contributed by atoms with Crippen molar-refractivity contribution in [2.24, 2.45) is 14.1 Å². The van der Waals surface area contributed by atoms with Crippen molar-refractivity contribution in [3.8, 4) is 0 Å². The van der Waals surface area contributed by atoms with E-state index in [1.807, 2.05) is 42.3 Å². The molecule has 2 amide bonds. The number of aromatic amines is 1. The number of fused-ring (bicyclic) bond motifs is 2. The average molecular weight is 405 g/mol. The number of rotatable bonds is 3. The molecule has 0 bridgehead atoms. The van der Waals surface area contributed by atoms with Crippen molar-refractivity contribution >= 4 is 39.4 Å². The lowest BCUT2D eigenvalue weighted by Gasteiger charge is -2.18. The van der Waals surface area contributed by atoms with Crippen LogP contribution >= 0.6 is 0 Å². The highest BCUT2D eigenvalue weighted by Gasteiger charge is 2.21. The third-order valence-electron chi connectivity index (χ3n) is 5.61. The summed E-state index contributed by atoms with van der Waals surface area (Å²) in [6, 6.07) is 8.96. The van der Waals surface area contributed by atoms with Crippen molar-refractivity contribution < 1.29 is 9.59 Å². The number of H-pyrrole nitrogens is 1. The van der Waals surface area contributed by atoms with E-state index in [9.17, 15) is 14.4 Å². The number of carbonyl (C=O) groups excluding carboxylic acids is 2. The van der Waals surface area contributed by atoms with E-state index in [0.717, 1.165) is 16.5 Å². The zero-order chi connectivity index (χ0) is 21.7. The van der Waals surface area contributed by atoms with E-state index in [-0.39, 0.29) is 23.1 Å². The van der Waals surface area contributed by atoms with Gasteiger partial charge in [-0.2, -0.15) is 0 Å². The molecular formula is C22H23N5O3. The molecule has 30 heavy (non-hydrogen) atoms. The quantitative estimate of drug-likeness (QED) is 0.548. The van der Waals surface area contributed by atoms with Crippen molar-refractivity contribution in [1.82, 2.24) is 19.4 Å². The molecule has 0 aliphatic heterocycles. The van der Waals surface area contributed by atoms with Crippen molar-refractivity contribution in [3.05, 3.63) is 63.7 Å². The Morgan fingerprint density at radius 3 is 2.50 bits per heavy atom. The molecule has 8 nitrogen and oxygen atoms in total. The Kier molecular flexibility index (Phi) is 4.49. The monoisotopic (exact) mass is 405 g/mol. The summed E-state index contributed by atoms with van der Waals surface area (Å²) >= 11 is 0. The lowest BCUT2D eigenvalue weighted by atomic mass is 10.1. The summed E-state index contributed by atoms with van der Waals surface area (Å²) in [5.41, 5.74) is 2.95. The molecule has 4 rings (SSSR count). The number of hydrogen-bond acceptors (Lipinski definition) is 3. The Labute approximate surface area is 172 Å². The molecule has 0 unspecified atom stereocenters. The van der Waals surface area contributed by atoms with Gasteiger partial charge in [-0.25, -0.2) is 0 Å². The van der Waals surface area contributed by atoms with Crippen LogP contribution in [0.2, 0.25) is 0 Å². The van der Waals surface area contributed by atoms with Crippen molar-refractivity contribution in [3.63, 3.8) is 0 Å². The fraction of sp³-hybridized carbons (Fsp3) is 0.227. The van der Waals surface area contributed by atoms with Crippen LogP contribution in [-0.2, 0) is 14.1 Å². The van der Waals surface area contributed by atoms with E-state index in [1.54, 1.807) is 38.5 Å². The first-order chi connectivity index (χ1) is 14.2. The van der Waals surface area contributed by atoms with Crippen molar-refractivity contribution in [2.45, 2.75) is 6.92 Å². The van der Waals surface area contributed by atoms with Gasteiger partial charge in [0.2, 0.25) is 0 Å². The zero-order valence-corrected chi connectivity index (χ0v) is 17.5. The maximum atomic E-state index is 13.2. The summed E-state index contributed by atoms with van der Waals surface area (Å²) in [5, 5.41) is 4.13. The van der Waals surface area contributed by atoms with E-state index < -0.39 is 0 Å². The maximum absolute atomic E-state index is 13.2. The highest BCUT2D eigenvalue weighted by molar-refractivity contribution is 6.07. The highest BCUT2D eigenvalue weighted by Crippen LogP contribution is 2.29. The van der Waals surface area contributed by atoms with Crippen molar-refractivity contribution in [1.29, 1.82) is 0 Å². The number of aromatic nitrogens is 3. The highest BCUT2D eigenvalue weighted by atomic mass is 16.2. The van der Waals surface area contributed by atoms with Gasteiger partial charge < -0.3 is 19.4 Å². The Morgan fingerprint density at radius 2 is 1.80 bits per heavy atom. The molecule has 0 saturated carbocycles. The number of amides is 2. The van der Waals surface area contributed by atoms with Gasteiger partial charge >= 0.3 is 0 Å². The summed E-state index contributed by atoms with van der Waals surface area (Å²) < 4.78 is 3.67. The largest absolute Gasteiger partial charge is 0.355 e. The van der Waals surface area contributed by atoms with Crippen LogP contribution in [0.15, 0.2) is 41.3 Å². The Bertz CT molecular complexity index is 1390. The summed E-state index contributed by atoms with van der Waals surface area (Å²) in [5.74, 6) is 0.158. The van der Waals surface area contributed by atoms with Gasteiger partial charge in [0.1, 0.15) is 11.5 Å². The van der Waals surface area contributed by atoms with Gasteiger partial charge in [0, 0.05) is 45.3 Å². The van der Waals surface area contributed by atoms with Gasteiger partial charge in [0.15, 0.2) is 0 Å². The van der Waals surface area contributed by atoms with Crippen LogP contribution in [0.25, 0.3) is 21.8 Å². The summed E-state index contributed by atoms with van der Waals surface area (Å²) in [4.78, 5) is 41.8. The molecule has 3 heterocycles. The summed E-state index contributed by atoms with van der Waals surface area (Å²) in [6.07, 6.45) is 1.79. The number of anilines is 1. The SMILES string of the molecule is CNC(=O)c1cc(C)c2cc(N(C)C(=O)c3cc4c(ccn4C)c(=O)[nH]3)n(C)c2c1. The molecule has 0 spiro atoms. The average Bonchev–Trinajstić information content (AvgIpc) is 3.27.